The molecule has 1 aliphatic rings. The van der Waals surface area contributed by atoms with Crippen LogP contribution in [0.2, 0.25) is 0 Å². The molecule has 4 rings (SSSR count). The Balaban J connectivity index is 1.35. The van der Waals surface area contributed by atoms with Gasteiger partial charge >= 0.3 is 0 Å². The lowest BCUT2D eigenvalue weighted by molar-refractivity contribution is -0.122. The first kappa shape index (κ1) is 23.9. The molecule has 0 aliphatic carbocycles. The Hall–Kier alpha value is -3.23. The number of hydrogen-bond acceptors (Lipinski definition) is 6. The molecule has 1 fully saturated rings. The molecule has 1 aliphatic heterocycles. The van der Waals surface area contributed by atoms with Gasteiger partial charge in [0.25, 0.3) is 0 Å². The Morgan fingerprint density at radius 3 is 2.38 bits per heavy atom. The Labute approximate surface area is 199 Å². The summed E-state index contributed by atoms with van der Waals surface area (Å²) < 4.78 is 35.8. The SMILES string of the molecule is NC(=O)C1(S(=O)(=O)c2ccc(OCCCc3cncc(-c4ccccc4)c3)cc2)CCOCC1. The van der Waals surface area contributed by atoms with Gasteiger partial charge in [-0.3, -0.25) is 9.78 Å². The van der Waals surface area contributed by atoms with Crippen LogP contribution in [0.5, 0.6) is 5.75 Å². The summed E-state index contributed by atoms with van der Waals surface area (Å²) in [6.07, 6.45) is 5.42. The van der Waals surface area contributed by atoms with E-state index >= 15 is 0 Å². The molecule has 2 aromatic carbocycles. The van der Waals surface area contributed by atoms with Crippen molar-refractivity contribution in [2.24, 2.45) is 5.73 Å². The number of rotatable bonds is 9. The van der Waals surface area contributed by atoms with E-state index < -0.39 is 20.5 Å². The smallest absolute Gasteiger partial charge is 0.239 e. The topological polar surface area (TPSA) is 109 Å². The summed E-state index contributed by atoms with van der Waals surface area (Å²) in [7, 11) is -3.94. The number of carbonyl (C=O) groups excluding carboxylic acids is 1. The molecular weight excluding hydrogens is 452 g/mol. The highest BCUT2D eigenvalue weighted by molar-refractivity contribution is 7.93. The average Bonchev–Trinajstić information content (AvgIpc) is 2.88. The number of amides is 1. The Kier molecular flexibility index (Phi) is 7.29. The minimum atomic E-state index is -3.94. The molecular formula is C26H28N2O5S. The van der Waals surface area contributed by atoms with E-state index in [9.17, 15) is 13.2 Å². The maximum Gasteiger partial charge on any atom is 0.239 e. The van der Waals surface area contributed by atoms with Crippen LogP contribution in [0.25, 0.3) is 11.1 Å². The largest absolute Gasteiger partial charge is 0.494 e. The third-order valence-electron chi connectivity index (χ3n) is 6.18. The summed E-state index contributed by atoms with van der Waals surface area (Å²) >= 11 is 0. The monoisotopic (exact) mass is 480 g/mol. The molecule has 2 N–H and O–H groups in total. The van der Waals surface area contributed by atoms with Crippen LogP contribution in [0.1, 0.15) is 24.8 Å². The van der Waals surface area contributed by atoms with Gasteiger partial charge in [0, 0.05) is 31.2 Å². The molecule has 2 heterocycles. The first-order valence-electron chi connectivity index (χ1n) is 11.3. The number of sulfone groups is 1. The predicted octanol–water partition coefficient (Wildman–Crippen LogP) is 3.57. The average molecular weight is 481 g/mol. The van der Waals surface area contributed by atoms with Crippen LogP contribution in [0, 0.1) is 0 Å². The molecule has 0 saturated carbocycles. The van der Waals surface area contributed by atoms with Crippen LogP contribution in [0.3, 0.4) is 0 Å². The fraction of sp³-hybridized carbons (Fsp3) is 0.308. The summed E-state index contributed by atoms with van der Waals surface area (Å²) in [6.45, 7) is 0.852. The van der Waals surface area contributed by atoms with Crippen molar-refractivity contribution in [2.75, 3.05) is 19.8 Å². The minimum Gasteiger partial charge on any atom is -0.494 e. The number of hydrogen-bond donors (Lipinski definition) is 1. The summed E-state index contributed by atoms with van der Waals surface area (Å²) in [5, 5.41) is 0. The fourth-order valence-electron chi connectivity index (χ4n) is 4.17. The summed E-state index contributed by atoms with van der Waals surface area (Å²) in [5.74, 6) is -0.267. The fourth-order valence-corrected chi connectivity index (χ4v) is 6.08. The number of carbonyl (C=O) groups is 1. The van der Waals surface area contributed by atoms with Crippen LogP contribution in [0.15, 0.2) is 78.0 Å². The van der Waals surface area contributed by atoms with Crippen LogP contribution < -0.4 is 10.5 Å². The molecule has 8 heteroatoms. The number of benzene rings is 2. The minimum absolute atomic E-state index is 0.0588. The third kappa shape index (κ3) is 4.98. The number of nitrogens with zero attached hydrogens (tertiary/aromatic N) is 1. The second-order valence-corrected chi connectivity index (χ2v) is 10.6. The molecule has 0 atom stereocenters. The molecule has 7 nitrogen and oxygen atoms in total. The van der Waals surface area contributed by atoms with E-state index in [-0.39, 0.29) is 31.0 Å². The van der Waals surface area contributed by atoms with Crippen molar-refractivity contribution >= 4 is 15.7 Å². The molecule has 0 bridgehead atoms. The van der Waals surface area contributed by atoms with E-state index in [0.717, 1.165) is 29.5 Å². The number of aromatic nitrogens is 1. The lowest BCUT2D eigenvalue weighted by atomic mass is 9.98. The van der Waals surface area contributed by atoms with Crippen molar-refractivity contribution in [2.45, 2.75) is 35.3 Å². The standard InChI is InChI=1S/C26H28N2O5S/c27-25(29)26(12-15-32-16-13-26)34(30,31)24-10-8-23(9-11-24)33-14-4-5-20-17-22(19-28-18-20)21-6-2-1-3-7-21/h1-3,6-11,17-19H,4-5,12-16H2,(H2,27,29). The number of aryl methyl sites for hydroxylation is 1. The first-order chi connectivity index (χ1) is 16.4. The van der Waals surface area contributed by atoms with Gasteiger partial charge in [0.2, 0.25) is 5.91 Å². The van der Waals surface area contributed by atoms with Crippen molar-refractivity contribution in [1.29, 1.82) is 0 Å². The summed E-state index contributed by atoms with van der Waals surface area (Å²) in [4.78, 5) is 16.5. The maximum atomic E-state index is 13.2. The summed E-state index contributed by atoms with van der Waals surface area (Å²) in [6, 6.07) is 18.4. The van der Waals surface area contributed by atoms with E-state index in [0.29, 0.717) is 12.4 Å². The van der Waals surface area contributed by atoms with E-state index in [1.54, 1.807) is 12.1 Å². The van der Waals surface area contributed by atoms with Crippen molar-refractivity contribution in [3.63, 3.8) is 0 Å². The van der Waals surface area contributed by atoms with Crippen LogP contribution in [-0.4, -0.2) is 43.9 Å². The highest BCUT2D eigenvalue weighted by Crippen LogP contribution is 2.35. The van der Waals surface area contributed by atoms with Gasteiger partial charge in [0.1, 0.15) is 5.75 Å². The number of primary amides is 1. The quantitative estimate of drug-likeness (QED) is 0.469. The molecule has 1 saturated heterocycles. The van der Waals surface area contributed by atoms with E-state index in [1.807, 2.05) is 30.6 Å². The normalized spacial score (nSPS) is 15.5. The van der Waals surface area contributed by atoms with Crippen LogP contribution >= 0.6 is 0 Å². The maximum absolute atomic E-state index is 13.2. The van der Waals surface area contributed by atoms with Gasteiger partial charge in [0.05, 0.1) is 11.5 Å². The van der Waals surface area contributed by atoms with Gasteiger partial charge in [-0.25, -0.2) is 8.42 Å². The zero-order valence-electron chi connectivity index (χ0n) is 18.9. The van der Waals surface area contributed by atoms with Crippen LogP contribution in [0.4, 0.5) is 0 Å². The Bertz CT molecular complexity index is 1220. The van der Waals surface area contributed by atoms with Gasteiger partial charge in [-0.05, 0) is 67.1 Å². The lowest BCUT2D eigenvalue weighted by Gasteiger charge is -2.33. The molecule has 1 aromatic heterocycles. The van der Waals surface area contributed by atoms with E-state index in [4.69, 9.17) is 15.2 Å². The molecule has 0 radical (unpaired) electrons. The van der Waals surface area contributed by atoms with E-state index in [1.165, 1.54) is 12.1 Å². The van der Waals surface area contributed by atoms with Crippen LogP contribution in [-0.2, 0) is 25.8 Å². The predicted molar refractivity (Wildman–Crippen MR) is 129 cm³/mol. The Morgan fingerprint density at radius 2 is 1.71 bits per heavy atom. The zero-order chi connectivity index (χ0) is 24.0. The van der Waals surface area contributed by atoms with E-state index in [2.05, 4.69) is 23.2 Å². The molecule has 178 valence electrons. The zero-order valence-corrected chi connectivity index (χ0v) is 19.7. The van der Waals surface area contributed by atoms with Gasteiger partial charge in [0.15, 0.2) is 14.6 Å². The van der Waals surface area contributed by atoms with Gasteiger partial charge in [-0.1, -0.05) is 30.3 Å². The Morgan fingerprint density at radius 1 is 1.00 bits per heavy atom. The molecule has 1 amide bonds. The molecule has 0 spiro atoms. The first-order valence-corrected chi connectivity index (χ1v) is 12.8. The number of pyridine rings is 1. The highest BCUT2D eigenvalue weighted by Gasteiger charge is 2.51. The van der Waals surface area contributed by atoms with Crippen molar-refractivity contribution in [1.82, 2.24) is 4.98 Å². The van der Waals surface area contributed by atoms with Gasteiger partial charge < -0.3 is 15.2 Å². The number of nitrogens with two attached hydrogens (primary N) is 1. The molecule has 34 heavy (non-hydrogen) atoms. The lowest BCUT2D eigenvalue weighted by Crippen LogP contribution is -2.53. The van der Waals surface area contributed by atoms with Gasteiger partial charge in [-0.2, -0.15) is 0 Å². The van der Waals surface area contributed by atoms with Gasteiger partial charge in [-0.15, -0.1) is 0 Å². The third-order valence-corrected chi connectivity index (χ3v) is 8.71. The number of ether oxygens (including phenoxy) is 2. The second kappa shape index (κ2) is 10.4. The molecule has 0 unspecified atom stereocenters. The second-order valence-electron chi connectivity index (χ2n) is 8.35. The van der Waals surface area contributed by atoms with Crippen molar-refractivity contribution in [3.8, 4) is 16.9 Å². The van der Waals surface area contributed by atoms with Crippen molar-refractivity contribution in [3.05, 3.63) is 78.6 Å². The summed E-state index contributed by atoms with van der Waals surface area (Å²) in [5.41, 5.74) is 8.85. The van der Waals surface area contributed by atoms with Crippen molar-refractivity contribution < 1.29 is 22.7 Å². The molecule has 3 aromatic rings. The highest BCUT2D eigenvalue weighted by atomic mass is 32.2.